The molecule has 0 unspecified atom stereocenters. The summed E-state index contributed by atoms with van der Waals surface area (Å²) in [5, 5.41) is 1.87. The SMILES string of the molecule is Cl.O.O.O=C1CSC(=O)N1. The van der Waals surface area contributed by atoms with Gasteiger partial charge in [-0.3, -0.25) is 14.9 Å². The Kier molecular flexibility index (Phi) is 11.1. The minimum Gasteiger partial charge on any atom is -0.412 e. The predicted molar refractivity (Wildman–Crippen MR) is 40.5 cm³/mol. The van der Waals surface area contributed by atoms with Gasteiger partial charge in [0.1, 0.15) is 0 Å². The standard InChI is InChI=1S/C3H3NO2S.ClH.2H2O/c5-2-1-7-3(6)4-2;;;/h1H2,(H,4,5,6);1H;2*1H2. The maximum atomic E-state index is 10.1. The molecule has 10 heavy (non-hydrogen) atoms. The van der Waals surface area contributed by atoms with Gasteiger partial charge in [-0.1, -0.05) is 11.8 Å². The third-order valence-corrected chi connectivity index (χ3v) is 1.35. The molecular weight excluding hydrogens is 182 g/mol. The molecule has 1 saturated heterocycles. The zero-order valence-corrected chi connectivity index (χ0v) is 6.47. The summed E-state index contributed by atoms with van der Waals surface area (Å²) >= 11 is 1.01. The van der Waals surface area contributed by atoms with Gasteiger partial charge in [0.2, 0.25) is 5.91 Å². The van der Waals surface area contributed by atoms with Gasteiger partial charge in [0, 0.05) is 0 Å². The van der Waals surface area contributed by atoms with Crippen molar-refractivity contribution in [3.05, 3.63) is 0 Å². The largest absolute Gasteiger partial charge is 0.412 e. The Morgan fingerprint density at radius 1 is 1.30 bits per heavy atom. The summed E-state index contributed by atoms with van der Waals surface area (Å²) in [6, 6.07) is 0. The number of amides is 2. The lowest BCUT2D eigenvalue weighted by Gasteiger charge is -1.77. The van der Waals surface area contributed by atoms with Crippen LogP contribution in [0.2, 0.25) is 0 Å². The van der Waals surface area contributed by atoms with Crippen LogP contribution in [0.3, 0.4) is 0 Å². The zero-order chi connectivity index (χ0) is 5.28. The van der Waals surface area contributed by atoms with Crippen molar-refractivity contribution < 1.29 is 20.5 Å². The van der Waals surface area contributed by atoms with E-state index in [4.69, 9.17) is 0 Å². The van der Waals surface area contributed by atoms with Crippen molar-refractivity contribution in [2.75, 3.05) is 5.75 Å². The summed E-state index contributed by atoms with van der Waals surface area (Å²) in [7, 11) is 0. The van der Waals surface area contributed by atoms with E-state index in [2.05, 4.69) is 5.32 Å². The van der Waals surface area contributed by atoms with E-state index in [9.17, 15) is 9.59 Å². The van der Waals surface area contributed by atoms with Crippen LogP contribution in [0.4, 0.5) is 4.79 Å². The molecule has 5 nitrogen and oxygen atoms in total. The van der Waals surface area contributed by atoms with E-state index in [1.807, 2.05) is 0 Å². The first kappa shape index (κ1) is 16.4. The molecule has 0 aliphatic carbocycles. The van der Waals surface area contributed by atoms with Crippen molar-refractivity contribution in [3.8, 4) is 0 Å². The van der Waals surface area contributed by atoms with E-state index in [1.165, 1.54) is 0 Å². The highest BCUT2D eigenvalue weighted by atomic mass is 35.5. The molecule has 1 fully saturated rings. The van der Waals surface area contributed by atoms with Crippen molar-refractivity contribution in [2.45, 2.75) is 0 Å². The van der Waals surface area contributed by atoms with Crippen molar-refractivity contribution in [3.63, 3.8) is 0 Å². The Morgan fingerprint density at radius 3 is 1.90 bits per heavy atom. The lowest BCUT2D eigenvalue weighted by atomic mass is 10.7. The molecule has 0 bridgehead atoms. The Bertz CT molecular complexity index is 116. The molecule has 0 aromatic rings. The van der Waals surface area contributed by atoms with Gasteiger partial charge in [0.05, 0.1) is 5.75 Å². The van der Waals surface area contributed by atoms with E-state index in [-0.39, 0.29) is 34.5 Å². The van der Waals surface area contributed by atoms with E-state index in [0.29, 0.717) is 5.75 Å². The molecule has 7 heteroatoms. The first-order valence-electron chi connectivity index (χ1n) is 1.75. The van der Waals surface area contributed by atoms with Crippen molar-refractivity contribution >= 4 is 35.3 Å². The van der Waals surface area contributed by atoms with E-state index >= 15 is 0 Å². The summed E-state index contributed by atoms with van der Waals surface area (Å²) in [5.74, 6) is 0.105. The number of hydrogen-bond acceptors (Lipinski definition) is 3. The maximum absolute atomic E-state index is 10.1. The zero-order valence-electron chi connectivity index (χ0n) is 4.84. The summed E-state index contributed by atoms with van der Waals surface area (Å²) in [6.45, 7) is 0. The van der Waals surface area contributed by atoms with Crippen molar-refractivity contribution in [1.29, 1.82) is 0 Å². The first-order chi connectivity index (χ1) is 3.29. The van der Waals surface area contributed by atoms with Gasteiger partial charge in [-0.15, -0.1) is 12.4 Å². The van der Waals surface area contributed by atoms with Gasteiger partial charge in [-0.25, -0.2) is 0 Å². The number of carbonyl (C=O) groups excluding carboxylic acids is 2. The lowest BCUT2D eigenvalue weighted by Crippen LogP contribution is -2.18. The fourth-order valence-electron chi connectivity index (χ4n) is 0.317. The highest BCUT2D eigenvalue weighted by molar-refractivity contribution is 8.14. The molecule has 0 saturated carbocycles. The molecule has 0 spiro atoms. The van der Waals surface area contributed by atoms with Gasteiger partial charge < -0.3 is 11.0 Å². The summed E-state index contributed by atoms with van der Waals surface area (Å²) < 4.78 is 0. The molecule has 0 aromatic heterocycles. The second-order valence-corrected chi connectivity index (χ2v) is 2.07. The summed E-state index contributed by atoms with van der Waals surface area (Å²) in [6.07, 6.45) is 0. The minimum atomic E-state index is -0.231. The van der Waals surface area contributed by atoms with Gasteiger partial charge in [-0.2, -0.15) is 0 Å². The van der Waals surface area contributed by atoms with Crippen LogP contribution in [0.5, 0.6) is 0 Å². The Labute approximate surface area is 67.6 Å². The number of hydrogen-bond donors (Lipinski definition) is 1. The van der Waals surface area contributed by atoms with Crippen LogP contribution in [0.15, 0.2) is 0 Å². The number of thioether (sulfide) groups is 1. The average Bonchev–Trinajstić information content (AvgIpc) is 1.87. The van der Waals surface area contributed by atoms with Crippen LogP contribution in [0, 0.1) is 0 Å². The minimum absolute atomic E-state index is 0. The van der Waals surface area contributed by atoms with Crippen molar-refractivity contribution in [1.82, 2.24) is 5.32 Å². The third-order valence-electron chi connectivity index (χ3n) is 0.576. The molecule has 2 amide bonds. The Morgan fingerprint density at radius 2 is 1.80 bits per heavy atom. The molecule has 1 aliphatic heterocycles. The highest BCUT2D eigenvalue weighted by Crippen LogP contribution is 2.06. The topological polar surface area (TPSA) is 109 Å². The number of rotatable bonds is 0. The summed E-state index contributed by atoms with van der Waals surface area (Å²) in [4.78, 5) is 20.2. The van der Waals surface area contributed by atoms with Crippen LogP contribution >= 0.6 is 24.2 Å². The molecule has 1 aliphatic rings. The smallest absolute Gasteiger partial charge is 0.286 e. The molecule has 0 atom stereocenters. The number of carbonyl (C=O) groups is 2. The first-order valence-corrected chi connectivity index (χ1v) is 2.74. The lowest BCUT2D eigenvalue weighted by molar-refractivity contribution is -0.117. The average molecular weight is 190 g/mol. The molecular formula is C3H8ClNO4S. The van der Waals surface area contributed by atoms with Crippen LogP contribution in [-0.2, 0) is 4.79 Å². The van der Waals surface area contributed by atoms with Gasteiger partial charge in [0.15, 0.2) is 0 Å². The monoisotopic (exact) mass is 189 g/mol. The van der Waals surface area contributed by atoms with Crippen molar-refractivity contribution in [2.24, 2.45) is 0 Å². The Balaban J connectivity index is -0.000000163. The normalized spacial score (nSPS) is 14.0. The second kappa shape index (κ2) is 6.81. The Hall–Kier alpha value is -0.300. The maximum Gasteiger partial charge on any atom is 0.286 e. The number of halogens is 1. The van der Waals surface area contributed by atoms with E-state index in [1.54, 1.807) is 0 Å². The molecule has 0 radical (unpaired) electrons. The second-order valence-electron chi connectivity index (χ2n) is 1.12. The molecule has 5 N–H and O–H groups in total. The van der Waals surface area contributed by atoms with E-state index in [0.717, 1.165) is 11.8 Å². The van der Waals surface area contributed by atoms with Gasteiger partial charge in [0.25, 0.3) is 5.24 Å². The fraction of sp³-hybridized carbons (Fsp3) is 0.333. The molecule has 0 aromatic carbocycles. The third kappa shape index (κ3) is 4.57. The quantitative estimate of drug-likeness (QED) is 0.514. The molecule has 62 valence electrons. The molecule has 1 rings (SSSR count). The van der Waals surface area contributed by atoms with Gasteiger partial charge in [-0.05, 0) is 0 Å². The molecule has 1 heterocycles. The fourth-order valence-corrected chi connectivity index (χ4v) is 0.837. The van der Waals surface area contributed by atoms with Gasteiger partial charge >= 0.3 is 0 Å². The van der Waals surface area contributed by atoms with Crippen LogP contribution < -0.4 is 5.32 Å². The summed E-state index contributed by atoms with van der Waals surface area (Å²) in [5.41, 5.74) is 0. The van der Waals surface area contributed by atoms with E-state index < -0.39 is 0 Å². The predicted octanol–water partition coefficient (Wildman–Crippen LogP) is -1.26. The number of nitrogens with one attached hydrogen (secondary N) is 1. The van der Waals surface area contributed by atoms with Crippen LogP contribution in [0.25, 0.3) is 0 Å². The number of imide groups is 1. The van der Waals surface area contributed by atoms with Crippen LogP contribution in [-0.4, -0.2) is 27.9 Å². The highest BCUT2D eigenvalue weighted by Gasteiger charge is 2.16. The van der Waals surface area contributed by atoms with Crippen LogP contribution in [0.1, 0.15) is 0 Å².